The summed E-state index contributed by atoms with van der Waals surface area (Å²) in [7, 11) is -4.19. The molecule has 0 aliphatic heterocycles. The van der Waals surface area contributed by atoms with Crippen molar-refractivity contribution in [3.8, 4) is 0 Å². The fraction of sp³-hybridized carbons (Fsp3) is 0.0526. The summed E-state index contributed by atoms with van der Waals surface area (Å²) in [6.45, 7) is 1.28. The summed E-state index contributed by atoms with van der Waals surface area (Å²) < 4.78 is 55.7. The van der Waals surface area contributed by atoms with Crippen molar-refractivity contribution in [2.45, 2.75) is 11.8 Å². The molecule has 0 saturated heterocycles. The number of anilines is 3. The highest BCUT2D eigenvalue weighted by Gasteiger charge is 2.21. The molecule has 0 unspecified atom stereocenters. The number of amides is 2. The lowest BCUT2D eigenvalue weighted by Gasteiger charge is -2.13. The second-order valence-electron chi connectivity index (χ2n) is 6.15. The number of sulfonamides is 1. The zero-order valence-corrected chi connectivity index (χ0v) is 16.7. The molecule has 2 heterocycles. The first kappa shape index (κ1) is 21.8. The molecule has 0 radical (unpaired) electrons. The molecule has 0 aliphatic carbocycles. The van der Waals surface area contributed by atoms with Crippen LogP contribution in [0.15, 0.2) is 59.9 Å². The summed E-state index contributed by atoms with van der Waals surface area (Å²) in [6.07, 6.45) is 3.53. The number of carbonyl (C=O) groups is 2. The van der Waals surface area contributed by atoms with Crippen LogP contribution in [0.2, 0.25) is 0 Å². The average Bonchev–Trinajstić information content (AvgIpc) is 2.74. The van der Waals surface area contributed by atoms with Crippen molar-refractivity contribution >= 4 is 39.0 Å². The van der Waals surface area contributed by atoms with E-state index in [1.54, 1.807) is 0 Å². The van der Waals surface area contributed by atoms with E-state index in [-0.39, 0.29) is 22.2 Å². The van der Waals surface area contributed by atoms with Crippen molar-refractivity contribution < 1.29 is 26.8 Å². The number of hydrogen-bond donors (Lipinski definition) is 3. The van der Waals surface area contributed by atoms with Gasteiger partial charge in [-0.15, -0.1) is 0 Å². The van der Waals surface area contributed by atoms with Gasteiger partial charge in [-0.25, -0.2) is 22.2 Å². The van der Waals surface area contributed by atoms with Gasteiger partial charge in [0.2, 0.25) is 5.91 Å². The Morgan fingerprint density at radius 3 is 2.39 bits per heavy atom. The summed E-state index contributed by atoms with van der Waals surface area (Å²) in [6, 6.07) is 6.94. The molecule has 1 aromatic carbocycles. The molecule has 0 fully saturated rings. The van der Waals surface area contributed by atoms with Gasteiger partial charge in [0, 0.05) is 25.5 Å². The molecule has 9 nitrogen and oxygen atoms in total. The van der Waals surface area contributed by atoms with E-state index in [4.69, 9.17) is 0 Å². The number of halogens is 2. The predicted molar refractivity (Wildman–Crippen MR) is 108 cm³/mol. The summed E-state index contributed by atoms with van der Waals surface area (Å²) in [5, 5.41) is 4.47. The lowest BCUT2D eigenvalue weighted by molar-refractivity contribution is -0.114. The van der Waals surface area contributed by atoms with Gasteiger partial charge in [0.15, 0.2) is 5.82 Å². The van der Waals surface area contributed by atoms with E-state index in [2.05, 4.69) is 20.6 Å². The number of nitrogens with zero attached hydrogens (tertiary/aromatic N) is 2. The Bertz CT molecular complexity index is 1240. The van der Waals surface area contributed by atoms with Crippen LogP contribution in [0.5, 0.6) is 0 Å². The van der Waals surface area contributed by atoms with Crippen molar-refractivity contribution in [1.82, 2.24) is 9.97 Å². The number of benzene rings is 1. The number of nitrogens with one attached hydrogen (secondary N) is 3. The van der Waals surface area contributed by atoms with Gasteiger partial charge in [-0.1, -0.05) is 0 Å². The van der Waals surface area contributed by atoms with Crippen LogP contribution >= 0.6 is 0 Å². The van der Waals surface area contributed by atoms with Crippen LogP contribution in [0.1, 0.15) is 17.3 Å². The first-order valence-corrected chi connectivity index (χ1v) is 10.1. The van der Waals surface area contributed by atoms with E-state index < -0.39 is 38.9 Å². The Kier molecular flexibility index (Phi) is 6.20. The Morgan fingerprint density at radius 1 is 1.00 bits per heavy atom. The predicted octanol–water partition coefficient (Wildman–Crippen LogP) is 2.77. The molecule has 3 aromatic rings. The molecule has 3 N–H and O–H groups in total. The lowest BCUT2D eigenvalue weighted by Crippen LogP contribution is -2.18. The van der Waals surface area contributed by atoms with Gasteiger partial charge in [0.1, 0.15) is 22.2 Å². The summed E-state index contributed by atoms with van der Waals surface area (Å²) in [5.74, 6) is -3.50. The largest absolute Gasteiger partial charge is 0.317 e. The Balaban J connectivity index is 1.84. The zero-order valence-electron chi connectivity index (χ0n) is 15.9. The summed E-state index contributed by atoms with van der Waals surface area (Å²) >= 11 is 0. The van der Waals surface area contributed by atoms with Gasteiger partial charge in [-0.05, 0) is 36.4 Å². The molecule has 0 aliphatic rings. The minimum Gasteiger partial charge on any atom is -0.317 e. The molecule has 160 valence electrons. The smallest absolute Gasteiger partial charge is 0.263 e. The lowest BCUT2D eigenvalue weighted by atomic mass is 10.2. The molecule has 0 bridgehead atoms. The Hall–Kier alpha value is -3.93. The highest BCUT2D eigenvalue weighted by atomic mass is 32.2. The van der Waals surface area contributed by atoms with Crippen LogP contribution in [-0.4, -0.2) is 30.2 Å². The second-order valence-corrected chi connectivity index (χ2v) is 7.83. The quantitative estimate of drug-likeness (QED) is 0.533. The van der Waals surface area contributed by atoms with Crippen LogP contribution in [0, 0.1) is 11.6 Å². The van der Waals surface area contributed by atoms with Crippen molar-refractivity contribution in [3.63, 3.8) is 0 Å². The average molecular weight is 447 g/mol. The molecule has 0 spiro atoms. The second kappa shape index (κ2) is 8.83. The maximum absolute atomic E-state index is 14.8. The van der Waals surface area contributed by atoms with Crippen molar-refractivity contribution in [1.29, 1.82) is 0 Å². The van der Waals surface area contributed by atoms with Crippen LogP contribution in [0.4, 0.5) is 26.0 Å². The molecule has 2 aromatic heterocycles. The van der Waals surface area contributed by atoms with Gasteiger partial charge in [0.25, 0.3) is 15.9 Å². The van der Waals surface area contributed by atoms with Crippen molar-refractivity contribution in [2.24, 2.45) is 0 Å². The van der Waals surface area contributed by atoms with Crippen LogP contribution in [0.25, 0.3) is 0 Å². The number of hydrogen-bond acceptors (Lipinski definition) is 6. The normalized spacial score (nSPS) is 10.9. The molecule has 3 rings (SSSR count). The van der Waals surface area contributed by atoms with Crippen LogP contribution in [-0.2, 0) is 14.8 Å². The van der Waals surface area contributed by atoms with E-state index in [1.165, 1.54) is 37.4 Å². The highest BCUT2D eigenvalue weighted by Crippen LogP contribution is 2.28. The first-order valence-electron chi connectivity index (χ1n) is 8.63. The van der Waals surface area contributed by atoms with Gasteiger partial charge in [-0.3, -0.25) is 19.3 Å². The van der Waals surface area contributed by atoms with E-state index in [0.717, 1.165) is 24.5 Å². The number of rotatable bonds is 6. The third-order valence-corrected chi connectivity index (χ3v) is 5.20. The van der Waals surface area contributed by atoms with E-state index >= 15 is 0 Å². The third-order valence-electron chi connectivity index (χ3n) is 3.85. The third kappa shape index (κ3) is 5.17. The molecular weight excluding hydrogens is 432 g/mol. The fourth-order valence-electron chi connectivity index (χ4n) is 2.42. The molecule has 0 atom stereocenters. The number of aromatic nitrogens is 2. The van der Waals surface area contributed by atoms with E-state index in [0.29, 0.717) is 0 Å². The minimum absolute atomic E-state index is 0.0470. The summed E-state index contributed by atoms with van der Waals surface area (Å²) in [5.41, 5.74) is -1.46. The zero-order chi connectivity index (χ0) is 22.6. The van der Waals surface area contributed by atoms with Gasteiger partial charge < -0.3 is 10.6 Å². The van der Waals surface area contributed by atoms with E-state index in [9.17, 15) is 26.8 Å². The number of carbonyl (C=O) groups excluding carboxylic acids is 2. The molecule has 0 saturated carbocycles. The maximum atomic E-state index is 14.8. The summed E-state index contributed by atoms with van der Waals surface area (Å²) in [4.78, 5) is 30.7. The highest BCUT2D eigenvalue weighted by molar-refractivity contribution is 7.92. The van der Waals surface area contributed by atoms with Crippen LogP contribution in [0.3, 0.4) is 0 Å². The van der Waals surface area contributed by atoms with Crippen molar-refractivity contribution in [3.05, 3.63) is 72.2 Å². The van der Waals surface area contributed by atoms with Gasteiger partial charge in [-0.2, -0.15) is 0 Å². The van der Waals surface area contributed by atoms with Gasteiger partial charge in [0.05, 0.1) is 11.3 Å². The molecule has 31 heavy (non-hydrogen) atoms. The van der Waals surface area contributed by atoms with Gasteiger partial charge >= 0.3 is 0 Å². The Labute approximate surface area is 175 Å². The molecule has 2 amide bonds. The Morgan fingerprint density at radius 2 is 1.77 bits per heavy atom. The topological polar surface area (TPSA) is 130 Å². The van der Waals surface area contributed by atoms with Crippen LogP contribution < -0.4 is 15.4 Å². The first-order chi connectivity index (χ1) is 14.7. The molecule has 12 heteroatoms. The monoisotopic (exact) mass is 447 g/mol. The maximum Gasteiger partial charge on any atom is 0.263 e. The standard InChI is InChI=1S/C19H15F2N5O4S/c1-11(27)24-16-7-4-12(9-23-16)19(28)25-18-14(20)5-6-15(17(18)21)26-31(29,30)13-3-2-8-22-10-13/h2-10,26H,1H3,(H,25,28)(H,23,24,27). The molecular formula is C19H15F2N5O4S. The van der Waals surface area contributed by atoms with Crippen molar-refractivity contribution in [2.75, 3.05) is 15.4 Å². The minimum atomic E-state index is -4.19. The fourth-order valence-corrected chi connectivity index (χ4v) is 3.45. The number of pyridine rings is 2. The van der Waals surface area contributed by atoms with E-state index in [1.807, 2.05) is 4.72 Å². The SMILES string of the molecule is CC(=O)Nc1ccc(C(=O)Nc2c(F)ccc(NS(=O)(=O)c3cccnc3)c2F)cn1.